The van der Waals surface area contributed by atoms with Gasteiger partial charge in [-0.3, -0.25) is 14.7 Å². The van der Waals surface area contributed by atoms with E-state index in [0.717, 1.165) is 17.5 Å². The van der Waals surface area contributed by atoms with Crippen LogP contribution in [0.5, 0.6) is 5.75 Å². The third-order valence-corrected chi connectivity index (χ3v) is 9.00. The molecule has 0 spiro atoms. The molecular formula is C34H34Cl2FN5O3. The molecule has 1 amide bonds. The van der Waals surface area contributed by atoms with Crippen molar-refractivity contribution in [2.24, 2.45) is 0 Å². The van der Waals surface area contributed by atoms with Crippen molar-refractivity contribution < 1.29 is 19.0 Å². The van der Waals surface area contributed by atoms with Crippen LogP contribution in [0.25, 0.3) is 22.4 Å². The topological polar surface area (TPSA) is 98.8 Å². The Bertz CT molecular complexity index is 1720. The van der Waals surface area contributed by atoms with E-state index in [-0.39, 0.29) is 23.9 Å². The summed E-state index contributed by atoms with van der Waals surface area (Å²) in [4.78, 5) is 18.0. The highest BCUT2D eigenvalue weighted by Crippen LogP contribution is 2.42. The summed E-state index contributed by atoms with van der Waals surface area (Å²) in [6.45, 7) is 2.76. The van der Waals surface area contributed by atoms with Gasteiger partial charge in [-0.1, -0.05) is 59.6 Å². The molecule has 6 rings (SSSR count). The number of aliphatic hydroxyl groups is 1. The number of methoxy groups -OCH3 is 1. The minimum absolute atomic E-state index is 0.0964. The zero-order valence-electron chi connectivity index (χ0n) is 24.7. The van der Waals surface area contributed by atoms with E-state index < -0.39 is 0 Å². The Labute approximate surface area is 271 Å². The molecule has 0 unspecified atom stereocenters. The molecule has 0 bridgehead atoms. The second kappa shape index (κ2) is 13.7. The van der Waals surface area contributed by atoms with Gasteiger partial charge in [-0.05, 0) is 30.7 Å². The Morgan fingerprint density at radius 1 is 1.04 bits per heavy atom. The molecule has 8 nitrogen and oxygen atoms in total. The van der Waals surface area contributed by atoms with E-state index in [4.69, 9.17) is 27.9 Å². The zero-order valence-corrected chi connectivity index (χ0v) is 26.3. The molecule has 4 N–H and O–H groups in total. The summed E-state index contributed by atoms with van der Waals surface area (Å²) in [5, 5.41) is 19.9. The number of carbonyl (C=O) groups is 1. The zero-order chi connectivity index (χ0) is 31.5. The molecule has 45 heavy (non-hydrogen) atoms. The molecule has 0 radical (unpaired) electrons. The number of nitrogens with one attached hydrogen (secondary N) is 3. The third-order valence-electron chi connectivity index (χ3n) is 8.21. The number of amides is 1. The molecule has 0 saturated carbocycles. The van der Waals surface area contributed by atoms with E-state index in [0.29, 0.717) is 88.7 Å². The van der Waals surface area contributed by atoms with Crippen LogP contribution >= 0.6 is 23.2 Å². The normalized spacial score (nSPS) is 16.8. The van der Waals surface area contributed by atoms with Gasteiger partial charge < -0.3 is 25.8 Å². The maximum Gasteiger partial charge on any atom is 0.220 e. The monoisotopic (exact) mass is 649 g/mol. The van der Waals surface area contributed by atoms with E-state index >= 15 is 4.39 Å². The lowest BCUT2D eigenvalue weighted by atomic mass is 10.0. The van der Waals surface area contributed by atoms with Crippen LogP contribution in [0.2, 0.25) is 10.0 Å². The molecule has 11 heteroatoms. The highest BCUT2D eigenvalue weighted by molar-refractivity contribution is 6.39. The molecule has 234 valence electrons. The number of β-amino-alcohol motifs (C(OH)–C–C–N with tert-alkyl or cyclic N) is 1. The number of likely N-dealkylation sites (tertiary alicyclic amines) is 1. The van der Waals surface area contributed by atoms with Gasteiger partial charge >= 0.3 is 0 Å². The van der Waals surface area contributed by atoms with Crippen molar-refractivity contribution in [3.05, 3.63) is 93.8 Å². The minimum Gasteiger partial charge on any atom is -0.496 e. The Hall–Kier alpha value is -3.73. The van der Waals surface area contributed by atoms with Crippen LogP contribution in [0, 0.1) is 5.82 Å². The Kier molecular flexibility index (Phi) is 9.53. The van der Waals surface area contributed by atoms with Crippen LogP contribution in [0.15, 0.2) is 66.9 Å². The highest BCUT2D eigenvalue weighted by Gasteiger charge is 2.25. The van der Waals surface area contributed by atoms with Crippen LogP contribution in [-0.4, -0.2) is 59.8 Å². The molecular weight excluding hydrogens is 616 g/mol. The number of carbonyl (C=O) groups excluding carboxylic acids is 1. The van der Waals surface area contributed by atoms with Crippen molar-refractivity contribution in [3.63, 3.8) is 0 Å². The van der Waals surface area contributed by atoms with E-state index in [1.807, 2.05) is 35.2 Å². The Balaban J connectivity index is 1.21. The lowest BCUT2D eigenvalue weighted by Crippen LogP contribution is -2.49. The Morgan fingerprint density at radius 3 is 2.58 bits per heavy atom. The number of hydrogen-bond acceptors (Lipinski definition) is 7. The van der Waals surface area contributed by atoms with Gasteiger partial charge in [0.1, 0.15) is 5.75 Å². The summed E-state index contributed by atoms with van der Waals surface area (Å²) in [5.41, 5.74) is 5.07. The fourth-order valence-electron chi connectivity index (χ4n) is 5.80. The number of aliphatic hydroxyl groups excluding tert-OH is 1. The quantitative estimate of drug-likeness (QED) is 0.155. The predicted molar refractivity (Wildman–Crippen MR) is 176 cm³/mol. The first-order valence-corrected chi connectivity index (χ1v) is 15.6. The molecule has 2 aliphatic rings. The summed E-state index contributed by atoms with van der Waals surface area (Å²) in [7, 11) is 1.62. The van der Waals surface area contributed by atoms with Crippen LogP contribution < -0.4 is 20.7 Å². The molecule has 3 aromatic carbocycles. The minimum atomic E-state index is -0.359. The number of ether oxygens (including phenoxy) is 1. The van der Waals surface area contributed by atoms with Crippen molar-refractivity contribution >= 4 is 40.5 Å². The number of nitrogens with zero attached hydrogens (tertiary/aromatic N) is 2. The van der Waals surface area contributed by atoms with Gasteiger partial charge in [-0.2, -0.15) is 0 Å². The molecule has 3 heterocycles. The maximum atomic E-state index is 15.4. The number of pyridine rings is 1. The van der Waals surface area contributed by atoms with E-state index in [1.54, 1.807) is 43.6 Å². The fourth-order valence-corrected chi connectivity index (χ4v) is 6.39. The summed E-state index contributed by atoms with van der Waals surface area (Å²) >= 11 is 13.9. The Morgan fingerprint density at radius 2 is 1.82 bits per heavy atom. The molecule has 1 atom stereocenters. The molecule has 2 fully saturated rings. The summed E-state index contributed by atoms with van der Waals surface area (Å²) in [6, 6.07) is 18.5. The van der Waals surface area contributed by atoms with E-state index in [2.05, 4.69) is 20.9 Å². The van der Waals surface area contributed by atoms with Gasteiger partial charge in [-0.15, -0.1) is 0 Å². The van der Waals surface area contributed by atoms with Crippen molar-refractivity contribution in [1.29, 1.82) is 0 Å². The molecule has 4 aromatic rings. The first kappa shape index (κ1) is 31.3. The van der Waals surface area contributed by atoms with Crippen molar-refractivity contribution in [2.45, 2.75) is 38.1 Å². The summed E-state index contributed by atoms with van der Waals surface area (Å²) in [5.74, 6) is 0.430. The maximum absolute atomic E-state index is 15.4. The average molecular weight is 651 g/mol. The van der Waals surface area contributed by atoms with Gasteiger partial charge in [0.2, 0.25) is 5.91 Å². The number of benzene rings is 3. The molecule has 1 aromatic heterocycles. The lowest BCUT2D eigenvalue weighted by Gasteiger charge is -2.35. The van der Waals surface area contributed by atoms with E-state index in [1.165, 1.54) is 0 Å². The first-order valence-electron chi connectivity index (χ1n) is 14.9. The van der Waals surface area contributed by atoms with Gasteiger partial charge in [-0.25, -0.2) is 4.39 Å². The van der Waals surface area contributed by atoms with Gasteiger partial charge in [0.25, 0.3) is 0 Å². The predicted octanol–water partition coefficient (Wildman–Crippen LogP) is 6.16. The van der Waals surface area contributed by atoms with Crippen molar-refractivity contribution in [2.75, 3.05) is 32.1 Å². The SMILES string of the molecule is COc1cc(-c2nccc(-c3cccc(Nc4cccc(CN5CC(O)C5)c4F)c3Cl)c2Cl)ccc1CNC[C@H]1CCC(=O)N1. The second-order valence-corrected chi connectivity index (χ2v) is 12.2. The summed E-state index contributed by atoms with van der Waals surface area (Å²) < 4.78 is 21.1. The van der Waals surface area contributed by atoms with Crippen molar-refractivity contribution in [3.8, 4) is 28.1 Å². The first-order chi connectivity index (χ1) is 21.8. The standard InChI is InChI=1S/C34H34Cl2FN5O3/c1-45-29-14-20(8-9-21(29)15-38-16-23-10-11-30(44)40-23)34-32(36)26(12-13-39-34)25-5-3-6-27(31(25)35)41-28-7-2-4-22(33(28)37)17-42-18-24(43)19-42/h2-9,12-14,23-24,38,41,43H,10-11,15-19H2,1H3,(H,40,44)/t23-/m1/s1. The average Bonchev–Trinajstić information content (AvgIpc) is 3.44. The second-order valence-electron chi connectivity index (χ2n) is 11.4. The largest absolute Gasteiger partial charge is 0.496 e. The summed E-state index contributed by atoms with van der Waals surface area (Å²) in [6.07, 6.45) is 2.74. The molecule has 2 saturated heterocycles. The number of rotatable bonds is 11. The highest BCUT2D eigenvalue weighted by atomic mass is 35.5. The van der Waals surface area contributed by atoms with Crippen LogP contribution in [-0.2, 0) is 17.9 Å². The van der Waals surface area contributed by atoms with Crippen LogP contribution in [0.4, 0.5) is 15.8 Å². The smallest absolute Gasteiger partial charge is 0.220 e. The molecule has 2 aliphatic heterocycles. The fraction of sp³-hybridized carbons (Fsp3) is 0.294. The van der Waals surface area contributed by atoms with Gasteiger partial charge in [0.15, 0.2) is 5.82 Å². The number of halogens is 3. The molecule has 0 aliphatic carbocycles. The number of hydrogen-bond donors (Lipinski definition) is 4. The van der Waals surface area contributed by atoms with E-state index in [9.17, 15) is 9.90 Å². The van der Waals surface area contributed by atoms with Gasteiger partial charge in [0, 0.05) is 79.2 Å². The van der Waals surface area contributed by atoms with Crippen LogP contribution in [0.1, 0.15) is 24.0 Å². The number of anilines is 2. The lowest BCUT2D eigenvalue weighted by molar-refractivity contribution is -0.119. The van der Waals surface area contributed by atoms with Crippen LogP contribution in [0.3, 0.4) is 0 Å². The third kappa shape index (κ3) is 6.93. The van der Waals surface area contributed by atoms with Crippen molar-refractivity contribution in [1.82, 2.24) is 20.5 Å². The number of aromatic nitrogens is 1. The van der Waals surface area contributed by atoms with Gasteiger partial charge in [0.05, 0.1) is 40.3 Å².